The molecule has 6 heteroatoms. The average Bonchev–Trinajstić information content (AvgIpc) is 2.46. The molecule has 0 aromatic heterocycles. The molecule has 0 aliphatic carbocycles. The van der Waals surface area contributed by atoms with Crippen molar-refractivity contribution in [3.8, 4) is 12.1 Å². The van der Waals surface area contributed by atoms with Gasteiger partial charge in [0.1, 0.15) is 0 Å². The molecule has 5 nitrogen and oxygen atoms in total. The van der Waals surface area contributed by atoms with E-state index in [2.05, 4.69) is 12.1 Å². The third-order valence-corrected chi connectivity index (χ3v) is 4.19. The van der Waals surface area contributed by atoms with Crippen LogP contribution in [0, 0.1) is 22.7 Å². The van der Waals surface area contributed by atoms with Crippen molar-refractivity contribution in [2.45, 2.75) is 5.92 Å². The van der Waals surface area contributed by atoms with E-state index in [0.29, 0.717) is 21.2 Å². The van der Waals surface area contributed by atoms with E-state index in [0.717, 1.165) is 23.0 Å². The van der Waals surface area contributed by atoms with Gasteiger partial charge in [0.05, 0.1) is 39.3 Å². The molecule has 0 fully saturated rings. The second kappa shape index (κ2) is 5.82. The van der Waals surface area contributed by atoms with Crippen molar-refractivity contribution in [2.24, 2.45) is 11.5 Å². The van der Waals surface area contributed by atoms with E-state index in [1.165, 1.54) is 0 Å². The zero-order valence-corrected chi connectivity index (χ0v) is 12.6. The summed E-state index contributed by atoms with van der Waals surface area (Å²) in [6.45, 7) is 0. The number of benzene rings is 1. The van der Waals surface area contributed by atoms with Gasteiger partial charge < -0.3 is 16.4 Å². The van der Waals surface area contributed by atoms with Crippen LogP contribution in [0.1, 0.15) is 11.5 Å². The van der Waals surface area contributed by atoms with E-state index < -0.39 is 5.92 Å². The minimum absolute atomic E-state index is 0.357. The summed E-state index contributed by atoms with van der Waals surface area (Å²) in [6, 6.07) is 11.9. The maximum Gasteiger partial charge on any atom is 0.0985 e. The second-order valence-corrected chi connectivity index (χ2v) is 5.88. The first-order chi connectivity index (χ1) is 9.99. The van der Waals surface area contributed by atoms with Crippen LogP contribution in [0.4, 0.5) is 5.69 Å². The van der Waals surface area contributed by atoms with Gasteiger partial charge >= 0.3 is 0 Å². The molecule has 2 rings (SSSR count). The van der Waals surface area contributed by atoms with Crippen molar-refractivity contribution < 1.29 is 0 Å². The lowest BCUT2D eigenvalue weighted by molar-refractivity contribution is 0.956. The summed E-state index contributed by atoms with van der Waals surface area (Å²) in [5.74, 6) is -0.488. The van der Waals surface area contributed by atoms with Crippen LogP contribution in [-0.4, -0.2) is 14.1 Å². The van der Waals surface area contributed by atoms with Crippen LogP contribution in [0.3, 0.4) is 0 Å². The third-order valence-electron chi connectivity index (χ3n) is 3.31. The van der Waals surface area contributed by atoms with E-state index in [4.69, 9.17) is 11.5 Å². The molecule has 0 radical (unpaired) electrons. The van der Waals surface area contributed by atoms with Gasteiger partial charge in [-0.1, -0.05) is 23.9 Å². The lowest BCUT2D eigenvalue weighted by atomic mass is 9.86. The van der Waals surface area contributed by atoms with Crippen molar-refractivity contribution in [2.75, 3.05) is 19.0 Å². The number of nitrogens with two attached hydrogens (primary N) is 2. The number of anilines is 1. The highest BCUT2D eigenvalue weighted by Gasteiger charge is 2.30. The second-order valence-electron chi connectivity index (χ2n) is 4.80. The Balaban J connectivity index is 2.54. The summed E-state index contributed by atoms with van der Waals surface area (Å²) < 4.78 is 0. The Bertz CT molecular complexity index is 665. The van der Waals surface area contributed by atoms with Gasteiger partial charge in [0, 0.05) is 19.8 Å². The van der Waals surface area contributed by atoms with Crippen LogP contribution in [0.15, 0.2) is 45.5 Å². The number of hydrogen-bond donors (Lipinski definition) is 2. The fraction of sp³-hybridized carbons (Fsp3) is 0.200. The first-order valence-corrected chi connectivity index (χ1v) is 7.05. The molecule has 0 saturated carbocycles. The Morgan fingerprint density at radius 3 is 1.86 bits per heavy atom. The lowest BCUT2D eigenvalue weighted by Crippen LogP contribution is -2.18. The van der Waals surface area contributed by atoms with Gasteiger partial charge in [-0.3, -0.25) is 0 Å². The Labute approximate surface area is 128 Å². The number of nitriles is 2. The molecule has 0 bridgehead atoms. The molecule has 0 atom stereocenters. The zero-order chi connectivity index (χ0) is 15.6. The lowest BCUT2D eigenvalue weighted by Gasteiger charge is -2.24. The maximum absolute atomic E-state index is 9.35. The summed E-state index contributed by atoms with van der Waals surface area (Å²) in [5.41, 5.74) is 14.4. The minimum Gasteiger partial charge on any atom is -0.392 e. The topological polar surface area (TPSA) is 103 Å². The average molecular weight is 297 g/mol. The van der Waals surface area contributed by atoms with Gasteiger partial charge in [-0.2, -0.15) is 10.5 Å². The predicted molar refractivity (Wildman–Crippen MR) is 84.8 cm³/mol. The maximum atomic E-state index is 9.35. The van der Waals surface area contributed by atoms with E-state index in [-0.39, 0.29) is 0 Å². The Morgan fingerprint density at radius 1 is 1.00 bits per heavy atom. The van der Waals surface area contributed by atoms with E-state index in [1.807, 2.05) is 43.3 Å². The summed E-state index contributed by atoms with van der Waals surface area (Å²) >= 11 is 1.07. The molecule has 0 unspecified atom stereocenters. The summed E-state index contributed by atoms with van der Waals surface area (Å²) in [5, 5.41) is 19.4. The first kappa shape index (κ1) is 14.8. The van der Waals surface area contributed by atoms with Crippen LogP contribution < -0.4 is 16.4 Å². The van der Waals surface area contributed by atoms with E-state index in [9.17, 15) is 10.5 Å². The van der Waals surface area contributed by atoms with Gasteiger partial charge in [0.15, 0.2) is 0 Å². The van der Waals surface area contributed by atoms with Crippen LogP contribution in [0.5, 0.6) is 0 Å². The molecule has 106 valence electrons. The van der Waals surface area contributed by atoms with Gasteiger partial charge in [-0.05, 0) is 17.7 Å². The van der Waals surface area contributed by atoms with E-state index >= 15 is 0 Å². The van der Waals surface area contributed by atoms with Crippen molar-refractivity contribution in [3.05, 3.63) is 51.0 Å². The van der Waals surface area contributed by atoms with Gasteiger partial charge in [-0.25, -0.2) is 0 Å². The van der Waals surface area contributed by atoms with Gasteiger partial charge in [0.25, 0.3) is 0 Å². The normalized spacial score (nSPS) is 15.6. The first-order valence-electron chi connectivity index (χ1n) is 6.24. The molecule has 0 amide bonds. The smallest absolute Gasteiger partial charge is 0.0985 e. The SMILES string of the molecule is CN(C)c1ccc(C2C(C#N)=C(N)SC(N)=C2C#N)cc1. The van der Waals surface area contributed by atoms with Crippen LogP contribution >= 0.6 is 11.8 Å². The molecule has 1 aliphatic rings. The van der Waals surface area contributed by atoms with Gasteiger partial charge in [-0.15, -0.1) is 0 Å². The number of hydrogen-bond acceptors (Lipinski definition) is 6. The molecule has 21 heavy (non-hydrogen) atoms. The molecule has 1 heterocycles. The van der Waals surface area contributed by atoms with E-state index in [1.54, 1.807) is 0 Å². The monoisotopic (exact) mass is 297 g/mol. The largest absolute Gasteiger partial charge is 0.392 e. The minimum atomic E-state index is -0.488. The Kier molecular flexibility index (Phi) is 4.11. The molecule has 1 aromatic carbocycles. The summed E-state index contributed by atoms with van der Waals surface area (Å²) in [6.07, 6.45) is 0. The molecule has 4 N–H and O–H groups in total. The Morgan fingerprint density at radius 2 is 1.48 bits per heavy atom. The molecule has 0 spiro atoms. The van der Waals surface area contributed by atoms with Gasteiger partial charge in [0.2, 0.25) is 0 Å². The van der Waals surface area contributed by atoms with Crippen LogP contribution in [0.2, 0.25) is 0 Å². The van der Waals surface area contributed by atoms with Crippen molar-refractivity contribution in [3.63, 3.8) is 0 Å². The number of nitrogens with zero attached hydrogens (tertiary/aromatic N) is 3. The number of allylic oxidation sites excluding steroid dienone is 2. The Hall–Kier alpha value is -2.57. The third kappa shape index (κ3) is 2.67. The highest BCUT2D eigenvalue weighted by molar-refractivity contribution is 8.06. The van der Waals surface area contributed by atoms with Crippen LogP contribution in [-0.2, 0) is 0 Å². The van der Waals surface area contributed by atoms with Crippen molar-refractivity contribution in [1.29, 1.82) is 10.5 Å². The molecule has 1 aromatic rings. The summed E-state index contributed by atoms with van der Waals surface area (Å²) in [4.78, 5) is 1.98. The molecule has 0 saturated heterocycles. The van der Waals surface area contributed by atoms with Crippen molar-refractivity contribution in [1.82, 2.24) is 0 Å². The standard InChI is InChI=1S/C15H15N5S/c1-20(2)10-5-3-9(4-6-10)13-11(7-16)14(18)21-15(19)12(13)8-17/h3-6,13H,18-19H2,1-2H3. The quantitative estimate of drug-likeness (QED) is 0.865. The highest BCUT2D eigenvalue weighted by atomic mass is 32.2. The van der Waals surface area contributed by atoms with Crippen molar-refractivity contribution >= 4 is 17.4 Å². The molecular formula is C15H15N5S. The zero-order valence-electron chi connectivity index (χ0n) is 11.8. The number of thioether (sulfide) groups is 1. The molecular weight excluding hydrogens is 282 g/mol. The van der Waals surface area contributed by atoms with Crippen LogP contribution in [0.25, 0.3) is 0 Å². The fourth-order valence-corrected chi connectivity index (χ4v) is 2.98. The number of rotatable bonds is 2. The molecule has 1 aliphatic heterocycles. The highest BCUT2D eigenvalue weighted by Crippen LogP contribution is 2.42. The predicted octanol–water partition coefficient (Wildman–Crippen LogP) is 1.97. The summed E-state index contributed by atoms with van der Waals surface area (Å²) in [7, 11) is 3.90. The fourth-order valence-electron chi connectivity index (χ4n) is 2.19.